The van der Waals surface area contributed by atoms with Crippen LogP contribution in [0.15, 0.2) is 48.8 Å². The second-order valence-electron chi connectivity index (χ2n) is 7.92. The number of carbonyl (C=O) groups is 2. The highest BCUT2D eigenvalue weighted by molar-refractivity contribution is 6.06. The molecule has 9 heteroatoms. The molecule has 0 N–H and O–H groups in total. The third-order valence-corrected chi connectivity index (χ3v) is 5.87. The molecule has 32 heavy (non-hydrogen) atoms. The van der Waals surface area contributed by atoms with Crippen LogP contribution in [0.4, 0.5) is 0 Å². The van der Waals surface area contributed by atoms with Gasteiger partial charge in [0.1, 0.15) is 12.6 Å². The summed E-state index contributed by atoms with van der Waals surface area (Å²) in [6.45, 7) is 3.73. The zero-order chi connectivity index (χ0) is 21.9. The summed E-state index contributed by atoms with van der Waals surface area (Å²) in [4.78, 5) is 34.5. The summed E-state index contributed by atoms with van der Waals surface area (Å²) in [6, 6.07) is 11.3. The molecule has 0 bridgehead atoms. The van der Waals surface area contributed by atoms with Crippen molar-refractivity contribution in [1.29, 1.82) is 0 Å². The average molecular weight is 435 g/mol. The van der Waals surface area contributed by atoms with Gasteiger partial charge in [-0.25, -0.2) is 4.98 Å². The highest BCUT2D eigenvalue weighted by Crippen LogP contribution is 2.27. The molecule has 2 aliphatic heterocycles. The molecule has 1 aromatic carbocycles. The molecule has 1 atom stereocenters. The van der Waals surface area contributed by atoms with E-state index in [-0.39, 0.29) is 18.4 Å². The van der Waals surface area contributed by atoms with Crippen molar-refractivity contribution >= 4 is 22.7 Å². The maximum Gasteiger partial charge on any atom is 0.254 e. The fourth-order valence-corrected chi connectivity index (χ4v) is 4.16. The number of carbonyl (C=O) groups excluding carboxylic acids is 2. The van der Waals surface area contributed by atoms with Crippen LogP contribution in [0.25, 0.3) is 10.9 Å². The number of amides is 2. The number of para-hydroxylation sites is 1. The number of pyridine rings is 1. The van der Waals surface area contributed by atoms with Crippen molar-refractivity contribution in [2.75, 3.05) is 46.0 Å². The van der Waals surface area contributed by atoms with Crippen LogP contribution < -0.4 is 0 Å². The number of morpholine rings is 2. The van der Waals surface area contributed by atoms with E-state index in [4.69, 9.17) is 14.5 Å². The Morgan fingerprint density at radius 1 is 1.03 bits per heavy atom. The van der Waals surface area contributed by atoms with Crippen molar-refractivity contribution in [2.45, 2.75) is 12.6 Å². The summed E-state index contributed by atoms with van der Waals surface area (Å²) in [7, 11) is 0. The maximum atomic E-state index is 13.3. The molecule has 2 fully saturated rings. The van der Waals surface area contributed by atoms with Gasteiger partial charge in [0.25, 0.3) is 5.91 Å². The van der Waals surface area contributed by atoms with Crippen LogP contribution in [0.1, 0.15) is 22.2 Å². The third-order valence-electron chi connectivity index (χ3n) is 5.87. The summed E-state index contributed by atoms with van der Waals surface area (Å²) < 4.78 is 13.0. The van der Waals surface area contributed by atoms with Gasteiger partial charge < -0.3 is 19.3 Å². The first-order valence-corrected chi connectivity index (χ1v) is 10.8. The third kappa shape index (κ3) is 4.21. The van der Waals surface area contributed by atoms with E-state index >= 15 is 0 Å². The maximum absolute atomic E-state index is 13.3. The van der Waals surface area contributed by atoms with Gasteiger partial charge in [0.05, 0.1) is 43.1 Å². The number of ether oxygens (including phenoxy) is 2. The number of hydrogen-bond donors (Lipinski definition) is 0. The molecule has 2 saturated heterocycles. The van der Waals surface area contributed by atoms with Gasteiger partial charge in [-0.05, 0) is 18.2 Å². The minimum Gasteiger partial charge on any atom is -0.378 e. The van der Waals surface area contributed by atoms with Gasteiger partial charge in [-0.2, -0.15) is 5.10 Å². The molecule has 4 heterocycles. The molecule has 0 radical (unpaired) electrons. The predicted molar refractivity (Wildman–Crippen MR) is 116 cm³/mol. The van der Waals surface area contributed by atoms with Crippen molar-refractivity contribution in [3.05, 3.63) is 60.0 Å². The van der Waals surface area contributed by atoms with Gasteiger partial charge in [0.2, 0.25) is 5.91 Å². The number of fused-ring (bicyclic) bond motifs is 1. The number of hydrogen-bond acceptors (Lipinski definition) is 6. The lowest BCUT2D eigenvalue weighted by molar-refractivity contribution is -0.140. The molecule has 0 saturated carbocycles. The van der Waals surface area contributed by atoms with Crippen molar-refractivity contribution < 1.29 is 19.1 Å². The van der Waals surface area contributed by atoms with Gasteiger partial charge >= 0.3 is 0 Å². The first-order chi connectivity index (χ1) is 15.7. The molecule has 0 unspecified atom stereocenters. The monoisotopic (exact) mass is 435 g/mol. The lowest BCUT2D eigenvalue weighted by atomic mass is 10.0. The van der Waals surface area contributed by atoms with Crippen LogP contribution in [-0.2, 0) is 20.8 Å². The molecule has 0 spiro atoms. The lowest BCUT2D eigenvalue weighted by Crippen LogP contribution is -2.44. The first kappa shape index (κ1) is 20.6. The van der Waals surface area contributed by atoms with Crippen molar-refractivity contribution in [3.8, 4) is 0 Å². The lowest BCUT2D eigenvalue weighted by Gasteiger charge is -2.33. The Balaban J connectivity index is 1.42. The average Bonchev–Trinajstić information content (AvgIpc) is 3.36. The quantitative estimate of drug-likeness (QED) is 0.617. The van der Waals surface area contributed by atoms with Crippen LogP contribution in [0.5, 0.6) is 0 Å². The van der Waals surface area contributed by atoms with Gasteiger partial charge in [-0.1, -0.05) is 18.2 Å². The molecular formula is C23H25N5O4. The van der Waals surface area contributed by atoms with Crippen LogP contribution in [0.2, 0.25) is 0 Å². The minimum atomic E-state index is -0.397. The van der Waals surface area contributed by atoms with Crippen molar-refractivity contribution in [2.24, 2.45) is 0 Å². The number of nitrogens with zero attached hydrogens (tertiary/aromatic N) is 5. The Kier molecular flexibility index (Phi) is 5.83. The number of aromatic nitrogens is 3. The molecular weight excluding hydrogens is 410 g/mol. The Bertz CT molecular complexity index is 1110. The second-order valence-corrected chi connectivity index (χ2v) is 7.92. The summed E-state index contributed by atoms with van der Waals surface area (Å²) in [5.41, 5.74) is 2.01. The molecule has 3 aromatic rings. The fraction of sp³-hybridized carbons (Fsp3) is 0.391. The van der Waals surface area contributed by atoms with Gasteiger partial charge in [-0.3, -0.25) is 14.3 Å². The second kappa shape index (κ2) is 9.05. The van der Waals surface area contributed by atoms with Gasteiger partial charge in [0.15, 0.2) is 0 Å². The van der Waals surface area contributed by atoms with E-state index in [1.807, 2.05) is 35.2 Å². The minimum absolute atomic E-state index is 0.0209. The molecule has 0 aliphatic carbocycles. The van der Waals surface area contributed by atoms with E-state index < -0.39 is 6.10 Å². The van der Waals surface area contributed by atoms with E-state index in [9.17, 15) is 9.59 Å². The van der Waals surface area contributed by atoms with Crippen LogP contribution >= 0.6 is 0 Å². The topological polar surface area (TPSA) is 89.8 Å². The normalized spacial score (nSPS) is 19.3. The molecule has 2 aromatic heterocycles. The molecule has 2 aliphatic rings. The zero-order valence-corrected chi connectivity index (χ0v) is 17.7. The highest BCUT2D eigenvalue weighted by Gasteiger charge is 2.29. The van der Waals surface area contributed by atoms with E-state index in [0.29, 0.717) is 57.3 Å². The van der Waals surface area contributed by atoms with Crippen LogP contribution in [-0.4, -0.2) is 82.4 Å². The Morgan fingerprint density at radius 3 is 2.66 bits per heavy atom. The molecule has 2 amide bonds. The van der Waals surface area contributed by atoms with E-state index in [1.54, 1.807) is 28.0 Å². The number of benzene rings is 1. The summed E-state index contributed by atoms with van der Waals surface area (Å²) >= 11 is 0. The zero-order valence-electron chi connectivity index (χ0n) is 17.7. The Hall–Kier alpha value is -3.30. The van der Waals surface area contributed by atoms with E-state index in [0.717, 1.165) is 10.9 Å². The Morgan fingerprint density at radius 2 is 1.84 bits per heavy atom. The largest absolute Gasteiger partial charge is 0.378 e. The van der Waals surface area contributed by atoms with E-state index in [2.05, 4.69) is 5.10 Å². The molecule has 5 rings (SSSR count). The summed E-state index contributed by atoms with van der Waals surface area (Å²) in [5, 5.41) is 4.93. The standard InChI is InChI=1S/C23H25N5O4/c29-22(16-28-7-3-6-24-28)27-10-13-32-21(15-27)20-14-18(17-4-1-2-5-19(17)25-20)23(30)26-8-11-31-12-9-26/h1-7,14,21H,8-13,15-16H2/t21-/m0/s1. The van der Waals surface area contributed by atoms with Crippen molar-refractivity contribution in [3.63, 3.8) is 0 Å². The highest BCUT2D eigenvalue weighted by atomic mass is 16.5. The van der Waals surface area contributed by atoms with Crippen molar-refractivity contribution in [1.82, 2.24) is 24.6 Å². The first-order valence-electron chi connectivity index (χ1n) is 10.8. The number of rotatable bonds is 4. The molecule has 9 nitrogen and oxygen atoms in total. The predicted octanol–water partition coefficient (Wildman–Crippen LogP) is 1.50. The van der Waals surface area contributed by atoms with Crippen LogP contribution in [0.3, 0.4) is 0 Å². The molecule has 166 valence electrons. The summed E-state index contributed by atoms with van der Waals surface area (Å²) in [6.07, 6.45) is 3.03. The van der Waals surface area contributed by atoms with Crippen LogP contribution in [0, 0.1) is 0 Å². The van der Waals surface area contributed by atoms with Gasteiger partial charge in [0, 0.05) is 37.4 Å². The fourth-order valence-electron chi connectivity index (χ4n) is 4.16. The smallest absolute Gasteiger partial charge is 0.254 e. The van der Waals surface area contributed by atoms with Gasteiger partial charge in [-0.15, -0.1) is 0 Å². The Labute approximate surface area is 185 Å². The SMILES string of the molecule is O=C(Cn1cccn1)N1CCO[C@H](c2cc(C(=O)N3CCOCC3)c3ccccc3n2)C1. The van der Waals surface area contributed by atoms with E-state index in [1.165, 1.54) is 0 Å². The summed E-state index contributed by atoms with van der Waals surface area (Å²) in [5.74, 6) is -0.0528.